The molecule has 1 aromatic heterocycles. The lowest BCUT2D eigenvalue weighted by Gasteiger charge is -2.63. The fraction of sp³-hybridized carbons (Fsp3) is 0.433. The van der Waals surface area contributed by atoms with Crippen LogP contribution in [0, 0.1) is 5.92 Å². The molecule has 1 saturated heterocycles. The maximum Gasteiger partial charge on any atom is 0.357 e. The molecule has 1 N–H and O–H groups in total. The second kappa shape index (κ2) is 7.32. The molecule has 2 aromatic carbocycles. The number of piperidine rings is 1. The first-order valence-electron chi connectivity index (χ1n) is 13.4. The van der Waals surface area contributed by atoms with Gasteiger partial charge in [-0.1, -0.05) is 30.3 Å². The van der Waals surface area contributed by atoms with Gasteiger partial charge in [-0.3, -0.25) is 9.69 Å². The summed E-state index contributed by atoms with van der Waals surface area (Å²) in [5.41, 5.74) is 0.500. The van der Waals surface area contributed by atoms with Crippen molar-refractivity contribution in [1.29, 1.82) is 0 Å². The van der Waals surface area contributed by atoms with Crippen molar-refractivity contribution < 1.29 is 24.2 Å². The van der Waals surface area contributed by atoms with Gasteiger partial charge in [0.2, 0.25) is 0 Å². The van der Waals surface area contributed by atoms with Gasteiger partial charge in [0.05, 0.1) is 11.5 Å². The summed E-state index contributed by atoms with van der Waals surface area (Å²) in [6.07, 6.45) is 5.50. The van der Waals surface area contributed by atoms with E-state index in [0.717, 1.165) is 35.0 Å². The topological polar surface area (TPSA) is 89.0 Å². The Bertz CT molecular complexity index is 1500. The monoisotopic (exact) mass is 496 g/mol. The average molecular weight is 497 g/mol. The van der Waals surface area contributed by atoms with Crippen molar-refractivity contribution in [1.82, 2.24) is 9.88 Å². The molecule has 3 heterocycles. The maximum atomic E-state index is 13.9. The van der Waals surface area contributed by atoms with E-state index in [4.69, 9.17) is 9.47 Å². The number of pyridine rings is 1. The van der Waals surface area contributed by atoms with Gasteiger partial charge in [0, 0.05) is 30.1 Å². The lowest BCUT2D eigenvalue weighted by Crippen LogP contribution is -2.77. The number of hydrogen-bond acceptors (Lipinski definition) is 7. The molecule has 0 radical (unpaired) electrons. The summed E-state index contributed by atoms with van der Waals surface area (Å²) in [6.45, 7) is 1.80. The molecule has 3 aromatic rings. The lowest BCUT2D eigenvalue weighted by molar-refractivity contribution is -0.190. The highest BCUT2D eigenvalue weighted by Gasteiger charge is 2.75. The number of esters is 1. The van der Waals surface area contributed by atoms with E-state index in [0.29, 0.717) is 30.9 Å². The molecule has 1 spiro atoms. The molecule has 37 heavy (non-hydrogen) atoms. The molecule has 2 aliphatic heterocycles. The molecule has 3 aliphatic carbocycles. The summed E-state index contributed by atoms with van der Waals surface area (Å²) >= 11 is 0. The molecule has 0 unspecified atom stereocenters. The van der Waals surface area contributed by atoms with Crippen LogP contribution in [0.2, 0.25) is 0 Å². The Kier molecular flexibility index (Phi) is 4.27. The van der Waals surface area contributed by atoms with E-state index < -0.39 is 23.1 Å². The van der Waals surface area contributed by atoms with Crippen LogP contribution in [0.4, 0.5) is 0 Å². The number of fused-ring (bicyclic) bond motifs is 1. The summed E-state index contributed by atoms with van der Waals surface area (Å²) in [5, 5.41) is 12.6. The first-order valence-corrected chi connectivity index (χ1v) is 13.4. The van der Waals surface area contributed by atoms with Crippen LogP contribution in [-0.4, -0.2) is 57.6 Å². The molecule has 7 nitrogen and oxygen atoms in total. The van der Waals surface area contributed by atoms with E-state index >= 15 is 0 Å². The SMILES string of the molecule is O=C(O[C@@]12CCC(=O)[C@@H]3Oc4c(O)ccc5c4[C@@]31CCN(CC1CC1)[C@@H]2C5)c1cc2ccccc2cn1. The van der Waals surface area contributed by atoms with Crippen LogP contribution in [-0.2, 0) is 21.4 Å². The minimum atomic E-state index is -0.935. The number of benzene rings is 2. The quantitative estimate of drug-likeness (QED) is 0.548. The summed E-state index contributed by atoms with van der Waals surface area (Å²) < 4.78 is 13.0. The highest BCUT2D eigenvalue weighted by atomic mass is 16.6. The zero-order chi connectivity index (χ0) is 24.9. The molecule has 7 heteroatoms. The van der Waals surface area contributed by atoms with Gasteiger partial charge in [-0.25, -0.2) is 9.78 Å². The third-order valence-corrected chi connectivity index (χ3v) is 9.63. The minimum absolute atomic E-state index is 0.0216. The van der Waals surface area contributed by atoms with Crippen LogP contribution >= 0.6 is 0 Å². The van der Waals surface area contributed by atoms with E-state index in [1.165, 1.54) is 12.8 Å². The van der Waals surface area contributed by atoms with Crippen molar-refractivity contribution in [2.24, 2.45) is 5.92 Å². The van der Waals surface area contributed by atoms with Crippen molar-refractivity contribution >= 4 is 22.5 Å². The summed E-state index contributed by atoms with van der Waals surface area (Å²) in [5.74, 6) is 0.685. The van der Waals surface area contributed by atoms with Crippen LogP contribution in [0.5, 0.6) is 11.5 Å². The number of nitrogens with zero attached hydrogens (tertiary/aromatic N) is 2. The first-order chi connectivity index (χ1) is 18.0. The molecule has 3 fully saturated rings. The second-order valence-electron chi connectivity index (χ2n) is 11.5. The van der Waals surface area contributed by atoms with Crippen molar-refractivity contribution in [3.63, 3.8) is 0 Å². The summed E-state index contributed by atoms with van der Waals surface area (Å²) in [7, 11) is 0. The maximum absolute atomic E-state index is 13.9. The number of phenolic OH excluding ortho intramolecular Hbond substituents is 1. The number of carbonyl (C=O) groups excluding carboxylic acids is 2. The van der Waals surface area contributed by atoms with Gasteiger partial charge in [-0.15, -0.1) is 0 Å². The zero-order valence-electron chi connectivity index (χ0n) is 20.5. The number of phenols is 1. The third kappa shape index (κ3) is 2.78. The number of hydrogen-bond donors (Lipinski definition) is 1. The number of aromatic nitrogens is 1. The minimum Gasteiger partial charge on any atom is -0.504 e. The Morgan fingerprint density at radius 1 is 1.16 bits per heavy atom. The number of Topliss-reactive ketones (excluding diaryl/α,β-unsaturated/α-hetero) is 1. The predicted octanol–water partition coefficient (Wildman–Crippen LogP) is 3.94. The number of ether oxygens (including phenoxy) is 2. The fourth-order valence-corrected chi connectivity index (χ4v) is 7.86. The third-order valence-electron chi connectivity index (χ3n) is 9.63. The van der Waals surface area contributed by atoms with Crippen molar-refractivity contribution in [2.45, 2.75) is 61.7 Å². The Morgan fingerprint density at radius 3 is 2.84 bits per heavy atom. The van der Waals surface area contributed by atoms with Crippen LogP contribution in [0.15, 0.2) is 48.7 Å². The molecule has 5 aliphatic rings. The molecule has 8 rings (SSSR count). The number of ketones is 1. The van der Waals surface area contributed by atoms with E-state index in [1.54, 1.807) is 18.3 Å². The Labute approximate surface area is 214 Å². The van der Waals surface area contributed by atoms with E-state index in [1.807, 2.05) is 30.3 Å². The lowest BCUT2D eigenvalue weighted by atomic mass is 9.48. The Balaban J connectivity index is 1.29. The van der Waals surface area contributed by atoms with Gasteiger partial charge in [-0.2, -0.15) is 0 Å². The van der Waals surface area contributed by atoms with Crippen LogP contribution in [0.1, 0.15) is 53.7 Å². The van der Waals surface area contributed by atoms with Gasteiger partial charge in [0.25, 0.3) is 0 Å². The average Bonchev–Trinajstić information content (AvgIpc) is 3.65. The Hall–Kier alpha value is -3.45. The number of aromatic hydroxyl groups is 1. The molecule has 2 saturated carbocycles. The molecule has 4 atom stereocenters. The second-order valence-corrected chi connectivity index (χ2v) is 11.5. The van der Waals surface area contributed by atoms with Crippen molar-refractivity contribution in [3.05, 3.63) is 65.5 Å². The van der Waals surface area contributed by atoms with Crippen LogP contribution in [0.25, 0.3) is 10.8 Å². The normalized spacial score (nSPS) is 31.6. The van der Waals surface area contributed by atoms with Crippen molar-refractivity contribution in [3.8, 4) is 11.5 Å². The predicted molar refractivity (Wildman–Crippen MR) is 135 cm³/mol. The number of likely N-dealkylation sites (tertiary alicyclic amines) is 1. The van der Waals surface area contributed by atoms with Crippen molar-refractivity contribution in [2.75, 3.05) is 13.1 Å². The number of carbonyl (C=O) groups is 2. The van der Waals surface area contributed by atoms with Gasteiger partial charge in [-0.05, 0) is 67.6 Å². The Morgan fingerprint density at radius 2 is 2.00 bits per heavy atom. The molecule has 0 amide bonds. The first kappa shape index (κ1) is 21.6. The van der Waals surface area contributed by atoms with Gasteiger partial charge >= 0.3 is 5.97 Å². The van der Waals surface area contributed by atoms with Crippen LogP contribution in [0.3, 0.4) is 0 Å². The summed E-state index contributed by atoms with van der Waals surface area (Å²) in [4.78, 5) is 34.2. The molecule has 188 valence electrons. The zero-order valence-corrected chi connectivity index (χ0v) is 20.5. The molecule has 2 bridgehead atoms. The number of rotatable bonds is 4. The highest BCUT2D eigenvalue weighted by molar-refractivity contribution is 5.94. The van der Waals surface area contributed by atoms with Gasteiger partial charge < -0.3 is 14.6 Å². The van der Waals surface area contributed by atoms with Gasteiger partial charge in [0.1, 0.15) is 11.3 Å². The van der Waals surface area contributed by atoms with E-state index in [9.17, 15) is 14.7 Å². The molecular weight excluding hydrogens is 468 g/mol. The van der Waals surface area contributed by atoms with E-state index in [2.05, 4.69) is 9.88 Å². The fourth-order valence-electron chi connectivity index (χ4n) is 7.86. The summed E-state index contributed by atoms with van der Waals surface area (Å²) in [6, 6.07) is 13.2. The molecular formula is C30H28N2O5. The smallest absolute Gasteiger partial charge is 0.357 e. The highest BCUT2D eigenvalue weighted by Crippen LogP contribution is 2.66. The van der Waals surface area contributed by atoms with E-state index in [-0.39, 0.29) is 29.7 Å². The van der Waals surface area contributed by atoms with Gasteiger partial charge in [0.15, 0.2) is 23.4 Å². The standard InChI is InChI=1S/C30H28N2O5/c33-22-8-7-19-14-24-30(37-28(35)21-13-18-3-1-2-4-20(18)15-31-21)10-9-23(34)27-29(30,25(19)26(22)36-27)11-12-32(24)16-17-5-6-17/h1-4,7-8,13,15,17,24,27,33H,5-6,9-12,14,16H2/t24-,27+,29+,30-/m1/s1. The van der Waals surface area contributed by atoms with Crippen LogP contribution < -0.4 is 4.74 Å². The largest absolute Gasteiger partial charge is 0.504 e.